The Hall–Kier alpha value is -2.80. The third-order valence-corrected chi connectivity index (χ3v) is 5.50. The van der Waals surface area contributed by atoms with Gasteiger partial charge in [0, 0.05) is 37.0 Å². The van der Waals surface area contributed by atoms with Crippen LogP contribution in [0, 0.1) is 6.92 Å². The van der Waals surface area contributed by atoms with Crippen molar-refractivity contribution in [1.29, 1.82) is 0 Å². The number of imidazole rings is 1. The quantitative estimate of drug-likeness (QED) is 0.731. The first-order valence-electron chi connectivity index (χ1n) is 8.88. The molecule has 1 aliphatic rings. The van der Waals surface area contributed by atoms with E-state index in [0.29, 0.717) is 18.9 Å². The first-order valence-corrected chi connectivity index (χ1v) is 9.86. The summed E-state index contributed by atoms with van der Waals surface area (Å²) in [6.07, 6.45) is 2.16. The molecule has 0 bridgehead atoms. The SMILES string of the molecule is Cc1cccn2c(NC(=O)CCN3CCSC3=O)c(-c3ccccc3)nc12. The lowest BCUT2D eigenvalue weighted by Gasteiger charge is -2.14. The molecule has 0 radical (unpaired) electrons. The van der Waals surface area contributed by atoms with Crippen LogP contribution in [0.3, 0.4) is 0 Å². The zero-order chi connectivity index (χ0) is 18.8. The summed E-state index contributed by atoms with van der Waals surface area (Å²) in [5, 5.41) is 3.07. The average Bonchev–Trinajstić information content (AvgIpc) is 3.25. The lowest BCUT2D eigenvalue weighted by atomic mass is 10.1. The van der Waals surface area contributed by atoms with Gasteiger partial charge in [-0.3, -0.25) is 14.0 Å². The topological polar surface area (TPSA) is 66.7 Å². The Labute approximate surface area is 161 Å². The normalized spacial score (nSPS) is 14.1. The fourth-order valence-corrected chi connectivity index (χ4v) is 4.03. The van der Waals surface area contributed by atoms with E-state index < -0.39 is 0 Å². The maximum absolute atomic E-state index is 12.6. The third-order valence-electron chi connectivity index (χ3n) is 4.60. The lowest BCUT2D eigenvalue weighted by molar-refractivity contribution is -0.116. The second-order valence-corrected chi connectivity index (χ2v) is 7.51. The first kappa shape index (κ1) is 17.6. The number of rotatable bonds is 5. The minimum absolute atomic E-state index is 0.0539. The number of fused-ring (bicyclic) bond motifs is 1. The van der Waals surface area contributed by atoms with Gasteiger partial charge in [0.15, 0.2) is 0 Å². The summed E-state index contributed by atoms with van der Waals surface area (Å²) in [7, 11) is 0. The van der Waals surface area contributed by atoms with Gasteiger partial charge in [-0.25, -0.2) is 4.98 Å². The Balaban J connectivity index is 1.62. The molecule has 2 amide bonds. The van der Waals surface area contributed by atoms with E-state index in [2.05, 4.69) is 5.32 Å². The lowest BCUT2D eigenvalue weighted by Crippen LogP contribution is -2.28. The molecule has 0 saturated carbocycles. The van der Waals surface area contributed by atoms with Gasteiger partial charge in [0.25, 0.3) is 5.24 Å². The highest BCUT2D eigenvalue weighted by Crippen LogP contribution is 2.30. The fraction of sp³-hybridized carbons (Fsp3) is 0.250. The molecule has 1 aliphatic heterocycles. The minimum Gasteiger partial charge on any atom is -0.332 e. The number of hydrogen-bond donors (Lipinski definition) is 1. The smallest absolute Gasteiger partial charge is 0.281 e. The second-order valence-electron chi connectivity index (χ2n) is 6.46. The molecular weight excluding hydrogens is 360 g/mol. The number of amides is 2. The van der Waals surface area contributed by atoms with Crippen molar-refractivity contribution in [3.05, 3.63) is 54.2 Å². The zero-order valence-electron chi connectivity index (χ0n) is 15.0. The maximum Gasteiger partial charge on any atom is 0.281 e. The molecule has 0 unspecified atom stereocenters. The molecule has 0 atom stereocenters. The van der Waals surface area contributed by atoms with Crippen LogP contribution in [-0.2, 0) is 4.79 Å². The predicted octanol–water partition coefficient (Wildman–Crippen LogP) is 3.81. The fourth-order valence-electron chi connectivity index (χ4n) is 3.18. The van der Waals surface area contributed by atoms with Crippen LogP contribution in [0.5, 0.6) is 0 Å². The molecule has 0 spiro atoms. The van der Waals surface area contributed by atoms with Gasteiger partial charge in [-0.15, -0.1) is 0 Å². The van der Waals surface area contributed by atoms with Gasteiger partial charge in [-0.05, 0) is 18.6 Å². The Morgan fingerprint density at radius 1 is 1.22 bits per heavy atom. The van der Waals surface area contributed by atoms with Crippen molar-refractivity contribution in [1.82, 2.24) is 14.3 Å². The van der Waals surface area contributed by atoms with Crippen LogP contribution in [0.1, 0.15) is 12.0 Å². The molecule has 1 aromatic carbocycles. The van der Waals surface area contributed by atoms with Crippen molar-refractivity contribution in [2.24, 2.45) is 0 Å². The molecule has 1 saturated heterocycles. The molecule has 4 rings (SSSR count). The van der Waals surface area contributed by atoms with Crippen LogP contribution in [0.2, 0.25) is 0 Å². The first-order chi connectivity index (χ1) is 13.1. The summed E-state index contributed by atoms with van der Waals surface area (Å²) in [6, 6.07) is 13.8. The van der Waals surface area contributed by atoms with Crippen molar-refractivity contribution < 1.29 is 9.59 Å². The molecule has 27 heavy (non-hydrogen) atoms. The highest BCUT2D eigenvalue weighted by Gasteiger charge is 2.22. The van der Waals surface area contributed by atoms with Crippen LogP contribution in [0.15, 0.2) is 48.7 Å². The predicted molar refractivity (Wildman–Crippen MR) is 108 cm³/mol. The van der Waals surface area contributed by atoms with E-state index in [1.807, 2.05) is 60.0 Å². The van der Waals surface area contributed by atoms with Crippen LogP contribution in [-0.4, -0.2) is 44.3 Å². The maximum atomic E-state index is 12.6. The summed E-state index contributed by atoms with van der Waals surface area (Å²) >= 11 is 1.31. The van der Waals surface area contributed by atoms with Gasteiger partial charge in [0.1, 0.15) is 17.2 Å². The molecule has 6 nitrogen and oxygen atoms in total. The van der Waals surface area contributed by atoms with Gasteiger partial charge in [0.05, 0.1) is 0 Å². The van der Waals surface area contributed by atoms with Gasteiger partial charge < -0.3 is 10.2 Å². The van der Waals surface area contributed by atoms with Crippen molar-refractivity contribution in [3.63, 3.8) is 0 Å². The van der Waals surface area contributed by atoms with Crippen LogP contribution < -0.4 is 5.32 Å². The summed E-state index contributed by atoms with van der Waals surface area (Å²) < 4.78 is 1.91. The number of anilines is 1. The summed E-state index contributed by atoms with van der Waals surface area (Å²) in [6.45, 7) is 3.15. The second kappa shape index (κ2) is 7.44. The highest BCUT2D eigenvalue weighted by molar-refractivity contribution is 8.13. The summed E-state index contributed by atoms with van der Waals surface area (Å²) in [5.41, 5.74) is 3.54. The monoisotopic (exact) mass is 380 g/mol. The number of nitrogens with one attached hydrogen (secondary N) is 1. The van der Waals surface area contributed by atoms with Gasteiger partial charge in [-0.2, -0.15) is 0 Å². The summed E-state index contributed by atoms with van der Waals surface area (Å²) in [4.78, 5) is 30.8. The van der Waals surface area contributed by atoms with E-state index in [1.54, 1.807) is 4.90 Å². The Kier molecular flexibility index (Phi) is 4.85. The molecule has 7 heteroatoms. The van der Waals surface area contributed by atoms with Crippen LogP contribution in [0.4, 0.5) is 10.6 Å². The van der Waals surface area contributed by atoms with Crippen LogP contribution >= 0.6 is 11.8 Å². The van der Waals surface area contributed by atoms with Crippen LogP contribution in [0.25, 0.3) is 16.9 Å². The zero-order valence-corrected chi connectivity index (χ0v) is 15.8. The number of carbonyl (C=O) groups is 2. The number of hydrogen-bond acceptors (Lipinski definition) is 4. The highest BCUT2D eigenvalue weighted by atomic mass is 32.2. The number of pyridine rings is 1. The third kappa shape index (κ3) is 3.55. The van der Waals surface area contributed by atoms with E-state index in [0.717, 1.165) is 28.2 Å². The van der Waals surface area contributed by atoms with E-state index in [4.69, 9.17) is 4.98 Å². The number of nitrogens with zero attached hydrogens (tertiary/aromatic N) is 3. The van der Waals surface area contributed by atoms with Crippen molar-refractivity contribution >= 4 is 34.4 Å². The molecule has 3 heterocycles. The van der Waals surface area contributed by atoms with Crippen molar-refractivity contribution in [2.75, 3.05) is 24.2 Å². The van der Waals surface area contributed by atoms with Gasteiger partial charge >= 0.3 is 0 Å². The molecule has 3 aromatic rings. The molecule has 2 aromatic heterocycles. The van der Waals surface area contributed by atoms with E-state index in [-0.39, 0.29) is 17.6 Å². The Bertz CT molecular complexity index is 1000. The van der Waals surface area contributed by atoms with Crippen molar-refractivity contribution in [3.8, 4) is 11.3 Å². The van der Waals surface area contributed by atoms with E-state index >= 15 is 0 Å². The number of thioether (sulfide) groups is 1. The summed E-state index contributed by atoms with van der Waals surface area (Å²) in [5.74, 6) is 1.33. The molecule has 138 valence electrons. The van der Waals surface area contributed by atoms with E-state index in [1.165, 1.54) is 11.8 Å². The number of carbonyl (C=O) groups excluding carboxylic acids is 2. The van der Waals surface area contributed by atoms with Gasteiger partial charge in [0.2, 0.25) is 5.91 Å². The van der Waals surface area contributed by atoms with Crippen molar-refractivity contribution in [2.45, 2.75) is 13.3 Å². The molecule has 1 N–H and O–H groups in total. The number of benzene rings is 1. The standard InChI is InChI=1S/C20H20N4O2S/c1-14-6-5-10-24-18(14)22-17(15-7-3-2-4-8-15)19(24)21-16(25)9-11-23-12-13-27-20(23)26/h2-8,10H,9,11-13H2,1H3,(H,21,25). The largest absolute Gasteiger partial charge is 0.332 e. The van der Waals surface area contributed by atoms with E-state index in [9.17, 15) is 9.59 Å². The average molecular weight is 380 g/mol. The minimum atomic E-state index is -0.125. The molecule has 0 aliphatic carbocycles. The number of aromatic nitrogens is 2. The number of aryl methyl sites for hydroxylation is 1. The Morgan fingerprint density at radius 2 is 2.04 bits per heavy atom. The van der Waals surface area contributed by atoms with Gasteiger partial charge in [-0.1, -0.05) is 48.2 Å². The molecular formula is C20H20N4O2S. The molecule has 1 fully saturated rings. The Morgan fingerprint density at radius 3 is 2.78 bits per heavy atom.